The van der Waals surface area contributed by atoms with Crippen molar-refractivity contribution in [3.05, 3.63) is 30.1 Å². The van der Waals surface area contributed by atoms with E-state index in [1.54, 1.807) is 0 Å². The molecule has 0 aromatic carbocycles. The van der Waals surface area contributed by atoms with Gasteiger partial charge in [0.05, 0.1) is 5.69 Å². The van der Waals surface area contributed by atoms with E-state index in [0.29, 0.717) is 6.04 Å². The summed E-state index contributed by atoms with van der Waals surface area (Å²) in [4.78, 5) is 7.00. The predicted molar refractivity (Wildman–Crippen MR) is 76.3 cm³/mol. The molecule has 0 amide bonds. The summed E-state index contributed by atoms with van der Waals surface area (Å²) < 4.78 is 0. The highest BCUT2D eigenvalue weighted by Gasteiger charge is 2.33. The lowest BCUT2D eigenvalue weighted by Crippen LogP contribution is -2.46. The summed E-state index contributed by atoms with van der Waals surface area (Å²) in [5, 5.41) is 0. The molecule has 104 valence electrons. The second-order valence-corrected chi connectivity index (χ2v) is 5.99. The minimum Gasteiger partial charge on any atom is -0.297 e. The van der Waals surface area contributed by atoms with E-state index in [1.165, 1.54) is 31.6 Å². The van der Waals surface area contributed by atoms with Gasteiger partial charge in [0.1, 0.15) is 0 Å². The Morgan fingerprint density at radius 2 is 2.37 bits per heavy atom. The van der Waals surface area contributed by atoms with Crippen LogP contribution in [-0.4, -0.2) is 35.6 Å². The van der Waals surface area contributed by atoms with Crippen LogP contribution in [0.3, 0.4) is 0 Å². The van der Waals surface area contributed by atoms with E-state index in [0.717, 1.165) is 24.9 Å². The standard InChI is InChI=1S/C15H24N4/c1-12-9-17-18-15(12)13-5-4-8-19(10-13)11-14-6-2-3-7-16-14/h2-3,6-7,12-13,15,17-18H,4-5,8-11H2,1H3. The molecule has 4 heteroatoms. The van der Waals surface area contributed by atoms with Crippen molar-refractivity contribution in [3.63, 3.8) is 0 Å². The second-order valence-electron chi connectivity index (χ2n) is 5.99. The maximum atomic E-state index is 4.44. The van der Waals surface area contributed by atoms with Gasteiger partial charge in [-0.25, -0.2) is 0 Å². The summed E-state index contributed by atoms with van der Waals surface area (Å²) in [5.74, 6) is 1.50. The van der Waals surface area contributed by atoms with Crippen molar-refractivity contribution in [1.82, 2.24) is 20.7 Å². The zero-order valence-electron chi connectivity index (χ0n) is 11.7. The van der Waals surface area contributed by atoms with E-state index in [2.05, 4.69) is 39.8 Å². The van der Waals surface area contributed by atoms with Gasteiger partial charge >= 0.3 is 0 Å². The summed E-state index contributed by atoms with van der Waals surface area (Å²) in [7, 11) is 0. The fourth-order valence-electron chi connectivity index (χ4n) is 3.44. The fourth-order valence-corrected chi connectivity index (χ4v) is 3.44. The van der Waals surface area contributed by atoms with Gasteiger partial charge in [-0.3, -0.25) is 20.7 Å². The Labute approximate surface area is 115 Å². The number of hydrogen-bond acceptors (Lipinski definition) is 4. The average Bonchev–Trinajstić information content (AvgIpc) is 2.86. The van der Waals surface area contributed by atoms with Crippen LogP contribution in [0.4, 0.5) is 0 Å². The monoisotopic (exact) mass is 260 g/mol. The van der Waals surface area contributed by atoms with Gasteiger partial charge in [0.15, 0.2) is 0 Å². The highest BCUT2D eigenvalue weighted by molar-refractivity contribution is 5.03. The molecule has 3 rings (SSSR count). The smallest absolute Gasteiger partial charge is 0.0543 e. The summed E-state index contributed by atoms with van der Waals surface area (Å²) in [6, 6.07) is 6.82. The Bertz CT molecular complexity index is 394. The van der Waals surface area contributed by atoms with Crippen molar-refractivity contribution >= 4 is 0 Å². The quantitative estimate of drug-likeness (QED) is 0.862. The lowest BCUT2D eigenvalue weighted by Gasteiger charge is -2.36. The minimum atomic E-state index is 0.631. The Morgan fingerprint density at radius 3 is 3.11 bits per heavy atom. The van der Waals surface area contributed by atoms with Crippen LogP contribution in [0.15, 0.2) is 24.4 Å². The minimum absolute atomic E-state index is 0.631. The number of nitrogens with one attached hydrogen (secondary N) is 2. The Morgan fingerprint density at radius 1 is 1.42 bits per heavy atom. The van der Waals surface area contributed by atoms with Crippen LogP contribution >= 0.6 is 0 Å². The lowest BCUT2D eigenvalue weighted by molar-refractivity contribution is 0.133. The summed E-state index contributed by atoms with van der Waals surface area (Å²) in [6.07, 6.45) is 4.55. The summed E-state index contributed by atoms with van der Waals surface area (Å²) >= 11 is 0. The molecule has 2 aliphatic heterocycles. The van der Waals surface area contributed by atoms with Gasteiger partial charge < -0.3 is 0 Å². The van der Waals surface area contributed by atoms with E-state index in [1.807, 2.05) is 12.3 Å². The molecule has 0 aliphatic carbocycles. The van der Waals surface area contributed by atoms with E-state index in [9.17, 15) is 0 Å². The molecule has 0 bridgehead atoms. The first kappa shape index (κ1) is 13.0. The average molecular weight is 260 g/mol. The van der Waals surface area contributed by atoms with Crippen LogP contribution in [0, 0.1) is 11.8 Å². The maximum absolute atomic E-state index is 4.44. The topological polar surface area (TPSA) is 40.2 Å². The molecule has 3 atom stereocenters. The van der Waals surface area contributed by atoms with Crippen molar-refractivity contribution in [1.29, 1.82) is 0 Å². The van der Waals surface area contributed by atoms with E-state index in [-0.39, 0.29) is 0 Å². The predicted octanol–water partition coefficient (Wildman–Crippen LogP) is 1.41. The highest BCUT2D eigenvalue weighted by atomic mass is 15.4. The van der Waals surface area contributed by atoms with Gasteiger partial charge in [0.25, 0.3) is 0 Å². The molecule has 3 unspecified atom stereocenters. The van der Waals surface area contributed by atoms with Gasteiger partial charge in [-0.1, -0.05) is 13.0 Å². The summed E-state index contributed by atoms with van der Waals surface area (Å²) in [6.45, 7) is 6.84. The van der Waals surface area contributed by atoms with Crippen LogP contribution in [0.25, 0.3) is 0 Å². The molecule has 0 radical (unpaired) electrons. The van der Waals surface area contributed by atoms with Gasteiger partial charge in [-0.05, 0) is 43.4 Å². The molecular weight excluding hydrogens is 236 g/mol. The summed E-state index contributed by atoms with van der Waals surface area (Å²) in [5.41, 5.74) is 7.96. The third kappa shape index (κ3) is 3.14. The molecule has 1 aromatic rings. The molecule has 0 spiro atoms. The number of rotatable bonds is 3. The van der Waals surface area contributed by atoms with Crippen molar-refractivity contribution < 1.29 is 0 Å². The molecule has 3 heterocycles. The number of likely N-dealkylation sites (tertiary alicyclic amines) is 1. The largest absolute Gasteiger partial charge is 0.297 e. The van der Waals surface area contributed by atoms with Crippen molar-refractivity contribution in [2.45, 2.75) is 32.4 Å². The number of nitrogens with zero attached hydrogens (tertiary/aromatic N) is 2. The van der Waals surface area contributed by atoms with Crippen LogP contribution in [0.1, 0.15) is 25.5 Å². The van der Waals surface area contributed by atoms with Crippen molar-refractivity contribution in [2.24, 2.45) is 11.8 Å². The Hall–Kier alpha value is -0.970. The van der Waals surface area contributed by atoms with E-state index >= 15 is 0 Å². The molecule has 2 aliphatic rings. The first-order valence-electron chi connectivity index (χ1n) is 7.43. The Kier molecular flexibility index (Phi) is 4.11. The number of hydrogen-bond donors (Lipinski definition) is 2. The zero-order chi connectivity index (χ0) is 13.1. The number of aromatic nitrogens is 1. The van der Waals surface area contributed by atoms with Crippen LogP contribution in [0.5, 0.6) is 0 Å². The number of pyridine rings is 1. The van der Waals surface area contributed by atoms with Crippen LogP contribution < -0.4 is 10.9 Å². The normalized spacial score (nSPS) is 32.6. The molecule has 2 saturated heterocycles. The van der Waals surface area contributed by atoms with Gasteiger partial charge in [-0.15, -0.1) is 0 Å². The Balaban J connectivity index is 1.59. The third-order valence-electron chi connectivity index (χ3n) is 4.47. The second kappa shape index (κ2) is 5.99. The first-order valence-corrected chi connectivity index (χ1v) is 7.43. The van der Waals surface area contributed by atoms with Crippen molar-refractivity contribution in [2.75, 3.05) is 19.6 Å². The molecule has 0 saturated carbocycles. The number of piperidine rings is 1. The molecule has 4 nitrogen and oxygen atoms in total. The highest BCUT2D eigenvalue weighted by Crippen LogP contribution is 2.26. The van der Waals surface area contributed by atoms with E-state index in [4.69, 9.17) is 0 Å². The fraction of sp³-hybridized carbons (Fsp3) is 0.667. The zero-order valence-corrected chi connectivity index (χ0v) is 11.7. The molecule has 2 N–H and O–H groups in total. The van der Waals surface area contributed by atoms with Crippen LogP contribution in [-0.2, 0) is 6.54 Å². The molecular formula is C15H24N4. The van der Waals surface area contributed by atoms with Crippen molar-refractivity contribution in [3.8, 4) is 0 Å². The lowest BCUT2D eigenvalue weighted by atomic mass is 9.85. The molecule has 1 aromatic heterocycles. The van der Waals surface area contributed by atoms with Gasteiger partial charge in [0.2, 0.25) is 0 Å². The van der Waals surface area contributed by atoms with E-state index < -0.39 is 0 Å². The number of hydrazine groups is 1. The molecule has 19 heavy (non-hydrogen) atoms. The maximum Gasteiger partial charge on any atom is 0.0543 e. The van der Waals surface area contributed by atoms with Crippen LogP contribution in [0.2, 0.25) is 0 Å². The third-order valence-corrected chi connectivity index (χ3v) is 4.47. The molecule has 2 fully saturated rings. The SMILES string of the molecule is CC1CNNC1C1CCCN(Cc2ccccn2)C1. The van der Waals surface area contributed by atoms with Gasteiger partial charge in [0, 0.05) is 31.9 Å². The first-order chi connectivity index (χ1) is 9.33. The van der Waals surface area contributed by atoms with Gasteiger partial charge in [-0.2, -0.15) is 0 Å².